The molecule has 1 aliphatic heterocycles. The second kappa shape index (κ2) is 7.05. The minimum absolute atomic E-state index is 0.0312. The Bertz CT molecular complexity index is 460. The third-order valence-corrected chi connectivity index (χ3v) is 4.33. The van der Waals surface area contributed by atoms with Gasteiger partial charge >= 0.3 is 5.97 Å². The molecular formula is C17H25NO3. The van der Waals surface area contributed by atoms with Crippen molar-refractivity contribution in [3.8, 4) is 0 Å². The number of ether oxygens (including phenoxy) is 2. The van der Waals surface area contributed by atoms with Crippen molar-refractivity contribution in [2.75, 3.05) is 20.7 Å². The standard InChI is InChI=1S/C17H25NO3/c1-12-13(2)21-15(10-16(12)18(3)4)11-20-17(19)14-8-6-5-7-9-14/h5-9,12-13,15-16H,10-11H2,1-4H3/t12?,13-,15?,16?/m0/s1. The summed E-state index contributed by atoms with van der Waals surface area (Å²) < 4.78 is 11.4. The van der Waals surface area contributed by atoms with Crippen molar-refractivity contribution < 1.29 is 14.3 Å². The van der Waals surface area contributed by atoms with Crippen molar-refractivity contribution in [1.29, 1.82) is 0 Å². The molecule has 1 aliphatic rings. The lowest BCUT2D eigenvalue weighted by atomic mass is 9.88. The van der Waals surface area contributed by atoms with E-state index >= 15 is 0 Å². The van der Waals surface area contributed by atoms with Gasteiger partial charge in [0.15, 0.2) is 0 Å². The Kier molecular flexibility index (Phi) is 5.37. The maximum Gasteiger partial charge on any atom is 0.338 e. The van der Waals surface area contributed by atoms with Gasteiger partial charge in [-0.15, -0.1) is 0 Å². The van der Waals surface area contributed by atoms with Crippen molar-refractivity contribution >= 4 is 5.97 Å². The molecule has 4 heteroatoms. The minimum Gasteiger partial charge on any atom is -0.459 e. The van der Waals surface area contributed by atoms with Crippen molar-refractivity contribution in [2.45, 2.75) is 38.5 Å². The quantitative estimate of drug-likeness (QED) is 0.799. The molecule has 21 heavy (non-hydrogen) atoms. The Balaban J connectivity index is 1.90. The number of hydrogen-bond donors (Lipinski definition) is 0. The van der Waals surface area contributed by atoms with Gasteiger partial charge in [-0.05, 0) is 45.5 Å². The van der Waals surface area contributed by atoms with Crippen LogP contribution in [0.2, 0.25) is 0 Å². The Morgan fingerprint density at radius 3 is 2.57 bits per heavy atom. The summed E-state index contributed by atoms with van der Waals surface area (Å²) in [5, 5.41) is 0. The molecule has 0 aliphatic carbocycles. The summed E-state index contributed by atoms with van der Waals surface area (Å²) in [4.78, 5) is 14.2. The average molecular weight is 291 g/mol. The zero-order valence-corrected chi connectivity index (χ0v) is 13.3. The van der Waals surface area contributed by atoms with E-state index in [-0.39, 0.29) is 18.2 Å². The maximum atomic E-state index is 12.0. The number of nitrogens with zero attached hydrogens (tertiary/aromatic N) is 1. The van der Waals surface area contributed by atoms with E-state index in [0.29, 0.717) is 24.1 Å². The molecule has 1 aromatic carbocycles. The highest BCUT2D eigenvalue weighted by molar-refractivity contribution is 5.89. The Morgan fingerprint density at radius 2 is 1.95 bits per heavy atom. The van der Waals surface area contributed by atoms with E-state index in [9.17, 15) is 4.79 Å². The second-order valence-corrected chi connectivity index (χ2v) is 6.05. The molecule has 0 amide bonds. The SMILES string of the molecule is CC1C(N(C)C)CC(COC(=O)c2ccccc2)O[C@H]1C. The predicted molar refractivity (Wildman–Crippen MR) is 82.3 cm³/mol. The lowest BCUT2D eigenvalue weighted by molar-refractivity contribution is -0.117. The monoisotopic (exact) mass is 291 g/mol. The largest absolute Gasteiger partial charge is 0.459 e. The third-order valence-electron chi connectivity index (χ3n) is 4.33. The molecule has 0 N–H and O–H groups in total. The number of benzene rings is 1. The number of esters is 1. The van der Waals surface area contributed by atoms with Gasteiger partial charge in [0.1, 0.15) is 6.61 Å². The zero-order valence-electron chi connectivity index (χ0n) is 13.3. The molecule has 3 unspecified atom stereocenters. The molecule has 0 bridgehead atoms. The molecule has 0 spiro atoms. The summed E-state index contributed by atoms with van der Waals surface area (Å²) in [6, 6.07) is 9.52. The summed E-state index contributed by atoms with van der Waals surface area (Å²) in [7, 11) is 4.18. The molecule has 1 saturated heterocycles. The third kappa shape index (κ3) is 4.05. The fraction of sp³-hybridized carbons (Fsp3) is 0.588. The van der Waals surface area contributed by atoms with Gasteiger partial charge in [-0.1, -0.05) is 25.1 Å². The van der Waals surface area contributed by atoms with Crippen LogP contribution in [0.15, 0.2) is 30.3 Å². The Hall–Kier alpha value is -1.39. The van der Waals surface area contributed by atoms with Crippen molar-refractivity contribution in [1.82, 2.24) is 4.90 Å². The molecule has 4 nitrogen and oxygen atoms in total. The van der Waals surface area contributed by atoms with E-state index in [1.54, 1.807) is 12.1 Å². The average Bonchev–Trinajstić information content (AvgIpc) is 2.48. The predicted octanol–water partition coefficient (Wildman–Crippen LogP) is 2.59. The highest BCUT2D eigenvalue weighted by Gasteiger charge is 2.35. The Labute approximate surface area is 127 Å². The summed E-state index contributed by atoms with van der Waals surface area (Å²) in [5.41, 5.74) is 0.582. The smallest absolute Gasteiger partial charge is 0.338 e. The fourth-order valence-electron chi connectivity index (χ4n) is 2.89. The van der Waals surface area contributed by atoms with E-state index in [2.05, 4.69) is 32.8 Å². The van der Waals surface area contributed by atoms with Gasteiger partial charge < -0.3 is 14.4 Å². The number of rotatable bonds is 4. The van der Waals surface area contributed by atoms with Crippen molar-refractivity contribution in [3.63, 3.8) is 0 Å². The van der Waals surface area contributed by atoms with Crippen LogP contribution in [0.3, 0.4) is 0 Å². The first kappa shape index (κ1) is 16.0. The Morgan fingerprint density at radius 1 is 1.29 bits per heavy atom. The van der Waals surface area contributed by atoms with Crippen molar-refractivity contribution in [2.24, 2.45) is 5.92 Å². The summed E-state index contributed by atoms with van der Waals surface area (Å²) >= 11 is 0. The minimum atomic E-state index is -0.285. The molecule has 116 valence electrons. The van der Waals surface area contributed by atoms with Gasteiger partial charge in [-0.25, -0.2) is 4.79 Å². The first-order chi connectivity index (χ1) is 9.99. The number of carbonyl (C=O) groups is 1. The molecular weight excluding hydrogens is 266 g/mol. The molecule has 4 atom stereocenters. The highest BCUT2D eigenvalue weighted by atomic mass is 16.6. The fourth-order valence-corrected chi connectivity index (χ4v) is 2.89. The first-order valence-electron chi connectivity index (χ1n) is 7.53. The lowest BCUT2D eigenvalue weighted by Crippen LogP contribution is -2.49. The summed E-state index contributed by atoms with van der Waals surface area (Å²) in [5.74, 6) is 0.188. The van der Waals surface area contributed by atoms with Crippen LogP contribution >= 0.6 is 0 Å². The van der Waals surface area contributed by atoms with E-state index < -0.39 is 0 Å². The van der Waals surface area contributed by atoms with Gasteiger partial charge in [-0.2, -0.15) is 0 Å². The van der Waals surface area contributed by atoms with E-state index in [0.717, 1.165) is 6.42 Å². The van der Waals surface area contributed by atoms with Crippen LogP contribution in [0.1, 0.15) is 30.6 Å². The second-order valence-electron chi connectivity index (χ2n) is 6.05. The molecule has 1 fully saturated rings. The zero-order chi connectivity index (χ0) is 15.4. The van der Waals surface area contributed by atoms with E-state index in [1.165, 1.54) is 0 Å². The lowest BCUT2D eigenvalue weighted by Gasteiger charge is -2.42. The van der Waals surface area contributed by atoms with Crippen LogP contribution in [0.25, 0.3) is 0 Å². The molecule has 0 saturated carbocycles. The van der Waals surface area contributed by atoms with Gasteiger partial charge in [-0.3, -0.25) is 0 Å². The topological polar surface area (TPSA) is 38.8 Å². The highest BCUT2D eigenvalue weighted by Crippen LogP contribution is 2.28. The maximum absolute atomic E-state index is 12.0. The van der Waals surface area contributed by atoms with Crippen LogP contribution in [0.4, 0.5) is 0 Å². The molecule has 2 rings (SSSR count). The van der Waals surface area contributed by atoms with E-state index in [1.807, 2.05) is 18.2 Å². The van der Waals surface area contributed by atoms with Crippen LogP contribution in [-0.4, -0.2) is 49.8 Å². The number of hydrogen-bond acceptors (Lipinski definition) is 4. The van der Waals surface area contributed by atoms with Gasteiger partial charge in [0.2, 0.25) is 0 Å². The normalized spacial score (nSPS) is 29.4. The van der Waals surface area contributed by atoms with E-state index in [4.69, 9.17) is 9.47 Å². The van der Waals surface area contributed by atoms with Crippen LogP contribution in [0, 0.1) is 5.92 Å². The van der Waals surface area contributed by atoms with Crippen LogP contribution < -0.4 is 0 Å². The van der Waals surface area contributed by atoms with Crippen LogP contribution in [0.5, 0.6) is 0 Å². The molecule has 1 aromatic rings. The van der Waals surface area contributed by atoms with Crippen LogP contribution in [-0.2, 0) is 9.47 Å². The summed E-state index contributed by atoms with van der Waals surface area (Å²) in [6.45, 7) is 4.61. The molecule has 0 aromatic heterocycles. The van der Waals surface area contributed by atoms with Crippen molar-refractivity contribution in [3.05, 3.63) is 35.9 Å². The molecule has 1 heterocycles. The molecule has 0 radical (unpaired) electrons. The number of carbonyl (C=O) groups excluding carboxylic acids is 1. The van der Waals surface area contributed by atoms with Gasteiger partial charge in [0, 0.05) is 6.04 Å². The van der Waals surface area contributed by atoms with Gasteiger partial charge in [0.25, 0.3) is 0 Å². The first-order valence-corrected chi connectivity index (χ1v) is 7.53. The van der Waals surface area contributed by atoms with Gasteiger partial charge in [0.05, 0.1) is 17.8 Å². The summed E-state index contributed by atoms with van der Waals surface area (Å²) in [6.07, 6.45) is 1.03.